The van der Waals surface area contributed by atoms with E-state index in [1.807, 2.05) is 4.90 Å². The van der Waals surface area contributed by atoms with E-state index in [1.54, 1.807) is 13.1 Å². The minimum atomic E-state index is -4.37. The number of ether oxygens (including phenoxy) is 2. The van der Waals surface area contributed by atoms with Gasteiger partial charge in [0.2, 0.25) is 0 Å². The average Bonchev–Trinajstić information content (AvgIpc) is 2.74. The van der Waals surface area contributed by atoms with Crippen molar-refractivity contribution in [2.75, 3.05) is 59.6 Å². The van der Waals surface area contributed by atoms with Crippen molar-refractivity contribution in [3.8, 4) is 0 Å². The second-order valence-corrected chi connectivity index (χ2v) is 8.24. The fourth-order valence-corrected chi connectivity index (χ4v) is 3.87. The SMILES string of the molecule is CN=C(NCC(C)(C)N1CCOCC1)N1CCOC(c2cccc(C(F)(F)F)c2)C1.I. The van der Waals surface area contributed by atoms with Crippen molar-refractivity contribution in [1.29, 1.82) is 0 Å². The van der Waals surface area contributed by atoms with E-state index >= 15 is 0 Å². The van der Waals surface area contributed by atoms with Gasteiger partial charge in [-0.1, -0.05) is 12.1 Å². The van der Waals surface area contributed by atoms with Gasteiger partial charge in [-0.3, -0.25) is 9.89 Å². The molecule has 176 valence electrons. The minimum absolute atomic E-state index is 0. The summed E-state index contributed by atoms with van der Waals surface area (Å²) in [4.78, 5) is 8.83. The molecule has 0 radical (unpaired) electrons. The van der Waals surface area contributed by atoms with Gasteiger partial charge >= 0.3 is 6.18 Å². The molecule has 1 N–H and O–H groups in total. The Labute approximate surface area is 199 Å². The van der Waals surface area contributed by atoms with Gasteiger partial charge in [-0.2, -0.15) is 13.2 Å². The van der Waals surface area contributed by atoms with E-state index in [1.165, 1.54) is 12.1 Å². The van der Waals surface area contributed by atoms with Gasteiger partial charge in [-0.05, 0) is 31.5 Å². The molecule has 1 aromatic carbocycles. The molecule has 3 rings (SSSR count). The van der Waals surface area contributed by atoms with Crippen molar-refractivity contribution in [3.05, 3.63) is 35.4 Å². The van der Waals surface area contributed by atoms with Crippen molar-refractivity contribution < 1.29 is 22.6 Å². The summed E-state index contributed by atoms with van der Waals surface area (Å²) in [6.07, 6.45) is -4.81. The molecule has 0 aromatic heterocycles. The van der Waals surface area contributed by atoms with Crippen molar-refractivity contribution in [2.24, 2.45) is 4.99 Å². The lowest BCUT2D eigenvalue weighted by molar-refractivity contribution is -0.137. The number of hydrogen-bond acceptors (Lipinski definition) is 4. The number of nitrogens with one attached hydrogen (secondary N) is 1. The number of rotatable bonds is 4. The lowest BCUT2D eigenvalue weighted by atomic mass is 10.0. The van der Waals surface area contributed by atoms with Crippen LogP contribution in [0.15, 0.2) is 29.3 Å². The highest BCUT2D eigenvalue weighted by atomic mass is 127. The van der Waals surface area contributed by atoms with Crippen LogP contribution in [0.1, 0.15) is 31.1 Å². The van der Waals surface area contributed by atoms with E-state index in [0.29, 0.717) is 31.8 Å². The molecule has 1 aromatic rings. The summed E-state index contributed by atoms with van der Waals surface area (Å²) in [5, 5.41) is 3.44. The zero-order chi connectivity index (χ0) is 21.8. The molecule has 0 aliphatic carbocycles. The topological polar surface area (TPSA) is 49.3 Å². The van der Waals surface area contributed by atoms with Crippen LogP contribution in [0.2, 0.25) is 0 Å². The molecule has 0 bridgehead atoms. The Bertz CT molecular complexity index is 740. The summed E-state index contributed by atoms with van der Waals surface area (Å²) >= 11 is 0. The zero-order valence-corrected chi connectivity index (χ0v) is 20.6. The Morgan fingerprint density at radius 1 is 1.16 bits per heavy atom. The summed E-state index contributed by atoms with van der Waals surface area (Å²) < 4.78 is 50.4. The molecule has 2 fully saturated rings. The lowest BCUT2D eigenvalue weighted by Gasteiger charge is -2.42. The fourth-order valence-electron chi connectivity index (χ4n) is 3.87. The van der Waals surface area contributed by atoms with Crippen molar-refractivity contribution in [3.63, 3.8) is 0 Å². The van der Waals surface area contributed by atoms with Gasteiger partial charge in [0, 0.05) is 38.8 Å². The second-order valence-electron chi connectivity index (χ2n) is 8.24. The molecule has 2 saturated heterocycles. The fraction of sp³-hybridized carbons (Fsp3) is 0.667. The monoisotopic (exact) mass is 556 g/mol. The maximum Gasteiger partial charge on any atom is 0.416 e. The van der Waals surface area contributed by atoms with Crippen LogP contribution in [0, 0.1) is 0 Å². The quantitative estimate of drug-likeness (QED) is 0.350. The van der Waals surface area contributed by atoms with E-state index in [0.717, 1.165) is 38.3 Å². The summed E-state index contributed by atoms with van der Waals surface area (Å²) in [6, 6.07) is 5.36. The molecule has 0 spiro atoms. The first-order valence-electron chi connectivity index (χ1n) is 10.3. The van der Waals surface area contributed by atoms with Crippen LogP contribution in [0.5, 0.6) is 0 Å². The molecule has 1 unspecified atom stereocenters. The predicted octanol–water partition coefficient (Wildman–Crippen LogP) is 3.38. The van der Waals surface area contributed by atoms with Gasteiger partial charge in [0.25, 0.3) is 0 Å². The smallest absolute Gasteiger partial charge is 0.379 e. The third kappa shape index (κ3) is 6.93. The number of hydrogen-bond donors (Lipinski definition) is 1. The minimum Gasteiger partial charge on any atom is -0.379 e. The van der Waals surface area contributed by atoms with Crippen LogP contribution < -0.4 is 5.32 Å². The maximum absolute atomic E-state index is 13.1. The number of benzene rings is 1. The molecule has 2 aliphatic rings. The van der Waals surface area contributed by atoms with Crippen molar-refractivity contribution >= 4 is 29.9 Å². The highest BCUT2D eigenvalue weighted by molar-refractivity contribution is 14.0. The highest BCUT2D eigenvalue weighted by Gasteiger charge is 2.33. The molecule has 10 heteroatoms. The normalized spacial score (nSPS) is 21.5. The molecule has 1 atom stereocenters. The van der Waals surface area contributed by atoms with Gasteiger partial charge in [-0.15, -0.1) is 24.0 Å². The van der Waals surface area contributed by atoms with Gasteiger partial charge < -0.3 is 19.7 Å². The Morgan fingerprint density at radius 3 is 2.52 bits per heavy atom. The molecule has 2 heterocycles. The Morgan fingerprint density at radius 2 is 1.87 bits per heavy atom. The summed E-state index contributed by atoms with van der Waals surface area (Å²) in [7, 11) is 1.72. The van der Waals surface area contributed by atoms with Crippen LogP contribution in [0.3, 0.4) is 0 Å². The molecule has 2 aliphatic heterocycles. The van der Waals surface area contributed by atoms with Crippen molar-refractivity contribution in [1.82, 2.24) is 15.1 Å². The van der Waals surface area contributed by atoms with Gasteiger partial charge in [-0.25, -0.2) is 0 Å². The standard InChI is InChI=1S/C21H31F3N4O2.HI/c1-20(2,28-8-10-29-11-9-28)15-26-19(25-3)27-7-12-30-18(14-27)16-5-4-6-17(13-16)21(22,23)24;/h4-6,13,18H,7-12,14-15H2,1-3H3,(H,25,26);1H. The van der Waals surface area contributed by atoms with Crippen LogP contribution in [0.4, 0.5) is 13.2 Å². The molecule has 0 amide bonds. The van der Waals surface area contributed by atoms with E-state index in [2.05, 4.69) is 29.1 Å². The van der Waals surface area contributed by atoms with E-state index in [4.69, 9.17) is 9.47 Å². The summed E-state index contributed by atoms with van der Waals surface area (Å²) in [5.41, 5.74) is -0.207. The number of alkyl halides is 3. The zero-order valence-electron chi connectivity index (χ0n) is 18.2. The first-order valence-corrected chi connectivity index (χ1v) is 10.3. The number of guanidine groups is 1. The summed E-state index contributed by atoms with van der Waals surface area (Å²) in [6.45, 7) is 9.82. The average molecular weight is 556 g/mol. The lowest BCUT2D eigenvalue weighted by Crippen LogP contribution is -2.57. The van der Waals surface area contributed by atoms with Crippen LogP contribution in [-0.2, 0) is 15.7 Å². The number of aliphatic imine (C=N–C) groups is 1. The summed E-state index contributed by atoms with van der Waals surface area (Å²) in [5.74, 6) is 0.733. The van der Waals surface area contributed by atoms with Crippen LogP contribution >= 0.6 is 24.0 Å². The Hall–Kier alpha value is -1.11. The molecule has 6 nitrogen and oxygen atoms in total. The van der Waals surface area contributed by atoms with Gasteiger partial charge in [0.05, 0.1) is 31.9 Å². The van der Waals surface area contributed by atoms with Crippen LogP contribution in [-0.4, -0.2) is 80.9 Å². The largest absolute Gasteiger partial charge is 0.416 e. The van der Waals surface area contributed by atoms with Gasteiger partial charge in [0.15, 0.2) is 5.96 Å². The highest BCUT2D eigenvalue weighted by Crippen LogP contribution is 2.32. The van der Waals surface area contributed by atoms with E-state index < -0.39 is 17.8 Å². The third-order valence-electron chi connectivity index (χ3n) is 5.71. The maximum atomic E-state index is 13.1. The van der Waals surface area contributed by atoms with E-state index in [9.17, 15) is 13.2 Å². The van der Waals surface area contributed by atoms with Crippen LogP contribution in [0.25, 0.3) is 0 Å². The Balaban J connectivity index is 0.00000341. The third-order valence-corrected chi connectivity index (χ3v) is 5.71. The number of halogens is 4. The first-order chi connectivity index (χ1) is 14.2. The number of nitrogens with zero attached hydrogens (tertiary/aromatic N) is 3. The first kappa shape index (κ1) is 26.1. The predicted molar refractivity (Wildman–Crippen MR) is 125 cm³/mol. The molecule has 31 heavy (non-hydrogen) atoms. The van der Waals surface area contributed by atoms with E-state index in [-0.39, 0.29) is 29.5 Å². The van der Waals surface area contributed by atoms with Gasteiger partial charge in [0.1, 0.15) is 6.10 Å². The second kappa shape index (κ2) is 11.2. The van der Waals surface area contributed by atoms with Crippen molar-refractivity contribution in [2.45, 2.75) is 31.7 Å². The molecular weight excluding hydrogens is 524 g/mol. The number of morpholine rings is 2. The Kier molecular flexibility index (Phi) is 9.41. The molecular formula is C21H32F3IN4O2. The molecule has 0 saturated carbocycles.